The molecule has 2 heterocycles. The van der Waals surface area contributed by atoms with Gasteiger partial charge in [-0.15, -0.1) is 11.3 Å². The van der Waals surface area contributed by atoms with Gasteiger partial charge in [-0.25, -0.2) is 4.68 Å². The van der Waals surface area contributed by atoms with Crippen LogP contribution in [0.4, 0.5) is 5.82 Å². The van der Waals surface area contributed by atoms with Crippen molar-refractivity contribution in [1.29, 1.82) is 0 Å². The lowest BCUT2D eigenvalue weighted by atomic mass is 10.3. The summed E-state index contributed by atoms with van der Waals surface area (Å²) in [5.41, 5.74) is 1.82. The number of hydrogen-bond acceptors (Lipinski definition) is 5. The summed E-state index contributed by atoms with van der Waals surface area (Å²) in [4.78, 5) is 13.2. The third kappa shape index (κ3) is 4.68. The van der Waals surface area contributed by atoms with E-state index < -0.39 is 0 Å². The maximum absolute atomic E-state index is 12.6. The van der Waals surface area contributed by atoms with Gasteiger partial charge in [0, 0.05) is 23.7 Å². The van der Waals surface area contributed by atoms with Crippen LogP contribution in [0.25, 0.3) is 0 Å². The number of aromatic nitrogens is 2. The van der Waals surface area contributed by atoms with Crippen LogP contribution >= 0.6 is 11.3 Å². The second-order valence-electron chi connectivity index (χ2n) is 6.45. The number of thiophene rings is 1. The summed E-state index contributed by atoms with van der Waals surface area (Å²) in [6, 6.07) is 11.3. The van der Waals surface area contributed by atoms with E-state index in [1.54, 1.807) is 7.11 Å². The number of nitrogens with one attached hydrogen (secondary N) is 1. The number of methoxy groups -OCH3 is 1. The number of amides is 1. The lowest BCUT2D eigenvalue weighted by Gasteiger charge is -2.11. The fraction of sp³-hybridized carbons (Fsp3) is 0.300. The van der Waals surface area contributed by atoms with Crippen molar-refractivity contribution in [2.24, 2.45) is 0 Å². The van der Waals surface area contributed by atoms with E-state index in [0.717, 1.165) is 22.8 Å². The molecule has 3 aromatic rings. The van der Waals surface area contributed by atoms with Crippen molar-refractivity contribution >= 4 is 23.1 Å². The number of ether oxygens (including phenoxy) is 2. The molecule has 2 aromatic heterocycles. The quantitative estimate of drug-likeness (QED) is 0.642. The first-order chi connectivity index (χ1) is 13.0. The molecule has 0 atom stereocenters. The molecule has 0 saturated heterocycles. The highest BCUT2D eigenvalue weighted by Crippen LogP contribution is 2.23. The van der Waals surface area contributed by atoms with Gasteiger partial charge in [0.25, 0.3) is 5.91 Å². The molecule has 0 aliphatic carbocycles. The zero-order valence-corrected chi connectivity index (χ0v) is 16.7. The molecular weight excluding hydrogens is 362 g/mol. The van der Waals surface area contributed by atoms with Crippen molar-refractivity contribution in [2.75, 3.05) is 12.4 Å². The third-order valence-corrected chi connectivity index (χ3v) is 4.89. The molecule has 3 rings (SSSR count). The molecule has 142 valence electrons. The Bertz CT molecular complexity index is 930. The molecule has 0 bridgehead atoms. The predicted molar refractivity (Wildman–Crippen MR) is 107 cm³/mol. The van der Waals surface area contributed by atoms with Gasteiger partial charge in [0.1, 0.15) is 23.9 Å². The van der Waals surface area contributed by atoms with Crippen molar-refractivity contribution in [3.05, 3.63) is 57.9 Å². The summed E-state index contributed by atoms with van der Waals surface area (Å²) in [5, 5.41) is 9.29. The van der Waals surface area contributed by atoms with Crippen molar-refractivity contribution in [2.45, 2.75) is 33.4 Å². The van der Waals surface area contributed by atoms with Gasteiger partial charge in [0.2, 0.25) is 0 Å². The van der Waals surface area contributed by atoms with E-state index in [4.69, 9.17) is 9.47 Å². The van der Waals surface area contributed by atoms with E-state index >= 15 is 0 Å². The SMILES string of the molecule is COc1cccc(OCc2csc(C(=O)Nc3cc(C)nn3C(C)C)c2)c1. The molecule has 27 heavy (non-hydrogen) atoms. The van der Waals surface area contributed by atoms with E-state index in [1.807, 2.05) is 67.2 Å². The summed E-state index contributed by atoms with van der Waals surface area (Å²) < 4.78 is 12.8. The molecule has 1 N–H and O–H groups in total. The third-order valence-electron chi connectivity index (χ3n) is 3.91. The average molecular weight is 385 g/mol. The van der Waals surface area contributed by atoms with Crippen molar-refractivity contribution in [1.82, 2.24) is 9.78 Å². The van der Waals surface area contributed by atoms with Crippen LogP contribution in [0.1, 0.15) is 40.8 Å². The summed E-state index contributed by atoms with van der Waals surface area (Å²) >= 11 is 1.39. The second-order valence-corrected chi connectivity index (χ2v) is 7.36. The molecule has 0 spiro atoms. The Balaban J connectivity index is 1.64. The van der Waals surface area contributed by atoms with Crippen LogP contribution in [0.3, 0.4) is 0 Å². The summed E-state index contributed by atoms with van der Waals surface area (Å²) in [7, 11) is 1.62. The van der Waals surface area contributed by atoms with Crippen LogP contribution in [0.15, 0.2) is 41.8 Å². The maximum Gasteiger partial charge on any atom is 0.266 e. The number of anilines is 1. The molecule has 7 heteroatoms. The van der Waals surface area contributed by atoms with E-state index in [2.05, 4.69) is 10.4 Å². The highest BCUT2D eigenvalue weighted by atomic mass is 32.1. The Labute approximate surface area is 162 Å². The predicted octanol–water partition coefficient (Wildman–Crippen LogP) is 4.67. The number of hydrogen-bond donors (Lipinski definition) is 1. The minimum Gasteiger partial charge on any atom is -0.497 e. The highest BCUT2D eigenvalue weighted by molar-refractivity contribution is 7.12. The number of rotatable bonds is 7. The summed E-state index contributed by atoms with van der Waals surface area (Å²) in [6.45, 7) is 6.36. The lowest BCUT2D eigenvalue weighted by molar-refractivity contribution is 0.102. The fourth-order valence-corrected chi connectivity index (χ4v) is 3.40. The Hall–Kier alpha value is -2.80. The summed E-state index contributed by atoms with van der Waals surface area (Å²) in [5.74, 6) is 2.03. The molecular formula is C20H23N3O3S. The van der Waals surface area contributed by atoms with Crippen LogP contribution in [0.5, 0.6) is 11.5 Å². The monoisotopic (exact) mass is 385 g/mol. The fourth-order valence-electron chi connectivity index (χ4n) is 2.61. The lowest BCUT2D eigenvalue weighted by Crippen LogP contribution is -2.15. The van der Waals surface area contributed by atoms with Gasteiger partial charge in [-0.3, -0.25) is 4.79 Å². The molecule has 0 aliphatic heterocycles. The zero-order chi connectivity index (χ0) is 19.4. The molecule has 0 radical (unpaired) electrons. The van der Waals surface area contributed by atoms with Gasteiger partial charge in [-0.05, 0) is 44.4 Å². The van der Waals surface area contributed by atoms with Gasteiger partial charge in [-0.2, -0.15) is 5.10 Å². The first-order valence-corrected chi connectivity index (χ1v) is 9.56. The normalized spacial score (nSPS) is 10.9. The van der Waals surface area contributed by atoms with Crippen LogP contribution in [0.2, 0.25) is 0 Å². The van der Waals surface area contributed by atoms with Crippen molar-refractivity contribution < 1.29 is 14.3 Å². The first-order valence-electron chi connectivity index (χ1n) is 8.68. The molecule has 0 saturated carbocycles. The molecule has 0 fully saturated rings. The van der Waals surface area contributed by atoms with Crippen molar-refractivity contribution in [3.63, 3.8) is 0 Å². The maximum atomic E-state index is 12.6. The minimum atomic E-state index is -0.144. The van der Waals surface area contributed by atoms with E-state index in [-0.39, 0.29) is 11.9 Å². The Morgan fingerprint density at radius 1 is 1.26 bits per heavy atom. The van der Waals surface area contributed by atoms with Gasteiger partial charge in [0.05, 0.1) is 17.7 Å². The minimum absolute atomic E-state index is 0.144. The first kappa shape index (κ1) is 19.0. The second kappa shape index (κ2) is 8.26. The Morgan fingerprint density at radius 2 is 2.04 bits per heavy atom. The van der Waals surface area contributed by atoms with Crippen LogP contribution in [0, 0.1) is 6.92 Å². The van der Waals surface area contributed by atoms with Gasteiger partial charge in [-0.1, -0.05) is 6.07 Å². The topological polar surface area (TPSA) is 65.4 Å². The smallest absolute Gasteiger partial charge is 0.266 e. The largest absolute Gasteiger partial charge is 0.497 e. The number of carbonyl (C=O) groups excluding carboxylic acids is 1. The number of carbonyl (C=O) groups is 1. The van der Waals surface area contributed by atoms with E-state index in [0.29, 0.717) is 17.3 Å². The Morgan fingerprint density at radius 3 is 2.78 bits per heavy atom. The molecule has 1 aromatic carbocycles. The van der Waals surface area contributed by atoms with Gasteiger partial charge in [0.15, 0.2) is 0 Å². The standard InChI is InChI=1S/C20H23N3O3S/c1-13(2)23-19(8-14(3)22-23)21-20(24)18-9-15(12-27-18)11-26-17-7-5-6-16(10-17)25-4/h5-10,12-13H,11H2,1-4H3,(H,21,24). The van der Waals surface area contributed by atoms with Gasteiger partial charge >= 0.3 is 0 Å². The summed E-state index contributed by atoms with van der Waals surface area (Å²) in [6.07, 6.45) is 0. The molecule has 0 unspecified atom stereocenters. The number of aryl methyl sites for hydroxylation is 1. The molecule has 6 nitrogen and oxygen atoms in total. The van der Waals surface area contributed by atoms with Crippen LogP contribution < -0.4 is 14.8 Å². The van der Waals surface area contributed by atoms with Crippen LogP contribution in [-0.2, 0) is 6.61 Å². The highest BCUT2D eigenvalue weighted by Gasteiger charge is 2.15. The van der Waals surface area contributed by atoms with E-state index in [9.17, 15) is 4.79 Å². The van der Waals surface area contributed by atoms with Crippen molar-refractivity contribution in [3.8, 4) is 11.5 Å². The van der Waals surface area contributed by atoms with E-state index in [1.165, 1.54) is 11.3 Å². The average Bonchev–Trinajstić information content (AvgIpc) is 3.27. The number of nitrogens with zero attached hydrogens (tertiary/aromatic N) is 2. The van der Waals surface area contributed by atoms with Crippen LogP contribution in [-0.4, -0.2) is 22.8 Å². The Kier molecular flexibility index (Phi) is 5.81. The molecule has 1 amide bonds. The number of benzene rings is 1. The zero-order valence-electron chi connectivity index (χ0n) is 15.9. The van der Waals surface area contributed by atoms with Gasteiger partial charge < -0.3 is 14.8 Å². The molecule has 0 aliphatic rings.